The first kappa shape index (κ1) is 12.9. The Kier molecular flexibility index (Phi) is 5.14. The van der Waals surface area contributed by atoms with E-state index in [-0.39, 0.29) is 5.69 Å². The van der Waals surface area contributed by atoms with Gasteiger partial charge in [-0.2, -0.15) is 0 Å². The molecule has 0 spiro atoms. The molecule has 4 nitrogen and oxygen atoms in total. The number of non-ortho nitro benzene ring substituents is 1. The molecule has 0 aromatic heterocycles. The summed E-state index contributed by atoms with van der Waals surface area (Å²) in [7, 11) is 0. The van der Waals surface area contributed by atoms with Gasteiger partial charge in [-0.15, -0.1) is 6.58 Å². The molecule has 0 heterocycles. The Hall–Kier alpha value is -1.20. The molecular formula is C11H13BrN2O2. The molecule has 0 bridgehead atoms. The van der Waals surface area contributed by atoms with Crippen LogP contribution in [0, 0.1) is 10.1 Å². The van der Waals surface area contributed by atoms with Crippen LogP contribution in [0.15, 0.2) is 35.3 Å². The zero-order valence-electron chi connectivity index (χ0n) is 8.78. The quantitative estimate of drug-likeness (QED) is 0.378. The van der Waals surface area contributed by atoms with Crippen molar-refractivity contribution >= 4 is 21.6 Å². The molecule has 1 rings (SSSR count). The maximum Gasteiger partial charge on any atom is 0.270 e. The van der Waals surface area contributed by atoms with Gasteiger partial charge in [0.2, 0.25) is 0 Å². The molecule has 86 valence electrons. The van der Waals surface area contributed by atoms with E-state index in [2.05, 4.69) is 27.8 Å². The van der Waals surface area contributed by atoms with Crippen LogP contribution in [0.2, 0.25) is 0 Å². The molecule has 0 aliphatic carbocycles. The number of hydrogen-bond donors (Lipinski definition) is 1. The third kappa shape index (κ3) is 3.75. The molecule has 0 saturated carbocycles. The van der Waals surface area contributed by atoms with Crippen molar-refractivity contribution in [1.29, 1.82) is 0 Å². The van der Waals surface area contributed by atoms with Crippen LogP contribution < -0.4 is 5.32 Å². The number of benzene rings is 1. The van der Waals surface area contributed by atoms with E-state index < -0.39 is 4.92 Å². The van der Waals surface area contributed by atoms with Crippen LogP contribution in [-0.4, -0.2) is 11.5 Å². The Labute approximate surface area is 103 Å². The summed E-state index contributed by atoms with van der Waals surface area (Å²) in [6.45, 7) is 5.17. The van der Waals surface area contributed by atoms with Gasteiger partial charge in [-0.3, -0.25) is 10.1 Å². The third-order valence-corrected chi connectivity index (χ3v) is 2.83. The summed E-state index contributed by atoms with van der Waals surface area (Å²) >= 11 is 3.32. The lowest BCUT2D eigenvalue weighted by molar-refractivity contribution is -0.384. The second kappa shape index (κ2) is 6.40. The van der Waals surface area contributed by atoms with Crippen molar-refractivity contribution in [1.82, 2.24) is 5.32 Å². The zero-order chi connectivity index (χ0) is 12.0. The van der Waals surface area contributed by atoms with Crippen LogP contribution in [0.3, 0.4) is 0 Å². The SMILES string of the molecule is C=CCCNCc1ccc([N+](=O)[O-])cc1Br. The van der Waals surface area contributed by atoms with E-state index in [9.17, 15) is 10.1 Å². The monoisotopic (exact) mass is 284 g/mol. The molecule has 16 heavy (non-hydrogen) atoms. The molecule has 0 amide bonds. The number of halogens is 1. The molecule has 0 unspecified atom stereocenters. The first-order chi connectivity index (χ1) is 7.65. The second-order valence-corrected chi connectivity index (χ2v) is 4.14. The molecular weight excluding hydrogens is 272 g/mol. The van der Waals surface area contributed by atoms with E-state index in [0.29, 0.717) is 6.54 Å². The molecule has 0 saturated heterocycles. The van der Waals surface area contributed by atoms with Crippen molar-refractivity contribution in [3.05, 3.63) is 51.0 Å². The van der Waals surface area contributed by atoms with Gasteiger partial charge < -0.3 is 5.32 Å². The Balaban J connectivity index is 2.61. The smallest absolute Gasteiger partial charge is 0.270 e. The lowest BCUT2D eigenvalue weighted by atomic mass is 10.2. The molecule has 0 aliphatic heterocycles. The topological polar surface area (TPSA) is 55.2 Å². The van der Waals surface area contributed by atoms with Crippen molar-refractivity contribution in [3.63, 3.8) is 0 Å². The van der Waals surface area contributed by atoms with Crippen LogP contribution in [0.1, 0.15) is 12.0 Å². The molecule has 5 heteroatoms. The summed E-state index contributed by atoms with van der Waals surface area (Å²) in [4.78, 5) is 10.1. The van der Waals surface area contributed by atoms with E-state index in [4.69, 9.17) is 0 Å². The maximum atomic E-state index is 10.5. The van der Waals surface area contributed by atoms with Gasteiger partial charge in [0.25, 0.3) is 5.69 Å². The number of nitrogens with zero attached hydrogens (tertiary/aromatic N) is 1. The van der Waals surface area contributed by atoms with Gasteiger partial charge in [0.05, 0.1) is 4.92 Å². The predicted octanol–water partition coefficient (Wildman–Crippen LogP) is 3.02. The number of nitro groups is 1. The first-order valence-electron chi connectivity index (χ1n) is 4.89. The van der Waals surface area contributed by atoms with Crippen molar-refractivity contribution in [2.45, 2.75) is 13.0 Å². The Morgan fingerprint density at radius 2 is 2.31 bits per heavy atom. The van der Waals surface area contributed by atoms with Crippen molar-refractivity contribution in [2.24, 2.45) is 0 Å². The zero-order valence-corrected chi connectivity index (χ0v) is 10.4. The molecule has 0 atom stereocenters. The van der Waals surface area contributed by atoms with Gasteiger partial charge in [-0.25, -0.2) is 0 Å². The Morgan fingerprint density at radius 3 is 2.88 bits per heavy atom. The van der Waals surface area contributed by atoms with Gasteiger partial charge in [0.15, 0.2) is 0 Å². The van der Waals surface area contributed by atoms with Crippen molar-refractivity contribution in [2.75, 3.05) is 6.54 Å². The lowest BCUT2D eigenvalue weighted by Gasteiger charge is -2.05. The fourth-order valence-corrected chi connectivity index (χ4v) is 1.73. The summed E-state index contributed by atoms with van der Waals surface area (Å²) in [5.41, 5.74) is 1.11. The molecule has 0 fully saturated rings. The summed E-state index contributed by atoms with van der Waals surface area (Å²) < 4.78 is 0.757. The average molecular weight is 285 g/mol. The minimum absolute atomic E-state index is 0.0988. The van der Waals surface area contributed by atoms with Crippen molar-refractivity contribution < 1.29 is 4.92 Å². The van der Waals surface area contributed by atoms with E-state index in [1.54, 1.807) is 6.07 Å². The third-order valence-electron chi connectivity index (χ3n) is 2.09. The number of hydrogen-bond acceptors (Lipinski definition) is 3. The lowest BCUT2D eigenvalue weighted by Crippen LogP contribution is -2.14. The second-order valence-electron chi connectivity index (χ2n) is 3.29. The number of nitrogens with one attached hydrogen (secondary N) is 1. The maximum absolute atomic E-state index is 10.5. The minimum atomic E-state index is -0.403. The van der Waals surface area contributed by atoms with E-state index in [1.165, 1.54) is 12.1 Å². The van der Waals surface area contributed by atoms with Gasteiger partial charge in [-0.1, -0.05) is 22.0 Å². The highest BCUT2D eigenvalue weighted by atomic mass is 79.9. The summed E-state index contributed by atoms with van der Waals surface area (Å²) in [6.07, 6.45) is 2.75. The number of rotatable bonds is 6. The first-order valence-corrected chi connectivity index (χ1v) is 5.69. The highest BCUT2D eigenvalue weighted by Gasteiger charge is 2.08. The van der Waals surface area contributed by atoms with Gasteiger partial charge in [-0.05, 0) is 24.6 Å². The van der Waals surface area contributed by atoms with Crippen LogP contribution in [0.5, 0.6) is 0 Å². The predicted molar refractivity (Wildman–Crippen MR) is 67.3 cm³/mol. The highest BCUT2D eigenvalue weighted by molar-refractivity contribution is 9.10. The standard InChI is InChI=1S/C11H13BrN2O2/c1-2-3-6-13-8-9-4-5-10(14(15)16)7-11(9)12/h2,4-5,7,13H,1,3,6,8H2. The van der Waals surface area contributed by atoms with Crippen LogP contribution in [0.4, 0.5) is 5.69 Å². The Morgan fingerprint density at radius 1 is 1.56 bits per heavy atom. The fraction of sp³-hybridized carbons (Fsp3) is 0.273. The molecule has 0 aliphatic rings. The number of nitro benzene ring substituents is 1. The molecule has 1 aromatic carbocycles. The largest absolute Gasteiger partial charge is 0.312 e. The average Bonchev–Trinajstić information content (AvgIpc) is 2.26. The summed E-state index contributed by atoms with van der Waals surface area (Å²) in [5.74, 6) is 0. The van der Waals surface area contributed by atoms with Crippen LogP contribution in [0.25, 0.3) is 0 Å². The van der Waals surface area contributed by atoms with Gasteiger partial charge in [0, 0.05) is 23.2 Å². The van der Waals surface area contributed by atoms with Gasteiger partial charge >= 0.3 is 0 Å². The highest BCUT2D eigenvalue weighted by Crippen LogP contribution is 2.22. The molecule has 1 N–H and O–H groups in total. The molecule has 1 aromatic rings. The fourth-order valence-electron chi connectivity index (χ4n) is 1.22. The summed E-state index contributed by atoms with van der Waals surface area (Å²) in [5, 5.41) is 13.7. The van der Waals surface area contributed by atoms with Crippen LogP contribution in [-0.2, 0) is 6.54 Å². The van der Waals surface area contributed by atoms with Crippen molar-refractivity contribution in [3.8, 4) is 0 Å². The normalized spacial score (nSPS) is 10.1. The van der Waals surface area contributed by atoms with Crippen LogP contribution >= 0.6 is 15.9 Å². The summed E-state index contributed by atoms with van der Waals surface area (Å²) in [6, 6.07) is 4.78. The Bertz CT molecular complexity index is 394. The van der Waals surface area contributed by atoms with E-state index >= 15 is 0 Å². The molecule has 0 radical (unpaired) electrons. The van der Waals surface area contributed by atoms with Gasteiger partial charge in [0.1, 0.15) is 0 Å². The van der Waals surface area contributed by atoms with E-state index in [1.807, 2.05) is 6.08 Å². The van der Waals surface area contributed by atoms with E-state index in [0.717, 1.165) is 23.0 Å². The minimum Gasteiger partial charge on any atom is -0.312 e.